The van der Waals surface area contributed by atoms with Gasteiger partial charge in [-0.15, -0.1) is 0 Å². The largest absolute Gasteiger partial charge is 0.481 e. The molecule has 2 atom stereocenters. The van der Waals surface area contributed by atoms with E-state index in [-0.39, 0.29) is 0 Å². The highest BCUT2D eigenvalue weighted by molar-refractivity contribution is 5.87. The predicted molar refractivity (Wildman–Crippen MR) is 95.1 cm³/mol. The zero-order chi connectivity index (χ0) is 17.1. The van der Waals surface area contributed by atoms with Gasteiger partial charge >= 0.3 is 5.97 Å². The van der Waals surface area contributed by atoms with Crippen LogP contribution in [0.3, 0.4) is 0 Å². The van der Waals surface area contributed by atoms with Gasteiger partial charge in [0.2, 0.25) is 0 Å². The standard InChI is InChI=1S/C20H26N2O2/c1-4-20(18(23)24)11-7-12-22-13-10-15-14-8-5-6-9-16(14)21(3)17(15)19(20,22)2/h5-6,8-9H,4,7,10-13H2,1-3H3,(H,23,24). The Morgan fingerprint density at radius 3 is 2.75 bits per heavy atom. The quantitative estimate of drug-likeness (QED) is 0.918. The number of piperidine rings is 1. The van der Waals surface area contributed by atoms with Crippen LogP contribution in [0.4, 0.5) is 0 Å². The fourth-order valence-electron chi connectivity index (χ4n) is 5.63. The highest BCUT2D eigenvalue weighted by Crippen LogP contribution is 2.56. The second kappa shape index (κ2) is 5.09. The van der Waals surface area contributed by atoms with Gasteiger partial charge in [0.05, 0.1) is 11.0 Å². The molecule has 2 aromatic rings. The summed E-state index contributed by atoms with van der Waals surface area (Å²) in [6.07, 6.45) is 3.39. The van der Waals surface area contributed by atoms with Gasteiger partial charge in [-0.05, 0) is 50.8 Å². The first-order valence-corrected chi connectivity index (χ1v) is 9.02. The van der Waals surface area contributed by atoms with Crippen LogP contribution in [0.25, 0.3) is 10.9 Å². The average Bonchev–Trinajstić information content (AvgIpc) is 2.88. The van der Waals surface area contributed by atoms with Crippen molar-refractivity contribution in [1.29, 1.82) is 0 Å². The summed E-state index contributed by atoms with van der Waals surface area (Å²) >= 11 is 0. The number of carbonyl (C=O) groups is 1. The smallest absolute Gasteiger partial charge is 0.311 e. The molecule has 0 bridgehead atoms. The van der Waals surface area contributed by atoms with Crippen molar-refractivity contribution in [2.75, 3.05) is 13.1 Å². The summed E-state index contributed by atoms with van der Waals surface area (Å²) in [6.45, 7) is 6.17. The number of carboxylic acids is 1. The third-order valence-electron chi connectivity index (χ3n) is 6.91. The number of fused-ring (bicyclic) bond motifs is 5. The highest BCUT2D eigenvalue weighted by atomic mass is 16.4. The third-order valence-corrected chi connectivity index (χ3v) is 6.91. The van der Waals surface area contributed by atoms with Crippen LogP contribution < -0.4 is 0 Å². The van der Waals surface area contributed by atoms with Crippen molar-refractivity contribution >= 4 is 16.9 Å². The van der Waals surface area contributed by atoms with Crippen molar-refractivity contribution in [2.45, 2.75) is 45.1 Å². The lowest BCUT2D eigenvalue weighted by Gasteiger charge is -2.57. The fourth-order valence-corrected chi connectivity index (χ4v) is 5.63. The Kier molecular flexibility index (Phi) is 3.33. The van der Waals surface area contributed by atoms with E-state index in [9.17, 15) is 9.90 Å². The van der Waals surface area contributed by atoms with Gasteiger partial charge in [0.15, 0.2) is 0 Å². The highest BCUT2D eigenvalue weighted by Gasteiger charge is 2.61. The summed E-state index contributed by atoms with van der Waals surface area (Å²) in [4.78, 5) is 14.9. The maximum Gasteiger partial charge on any atom is 0.311 e. The van der Waals surface area contributed by atoms with E-state index in [1.54, 1.807) is 0 Å². The lowest BCUT2D eigenvalue weighted by Crippen LogP contribution is -2.64. The first-order chi connectivity index (χ1) is 11.5. The number of hydrogen-bond donors (Lipinski definition) is 1. The Labute approximate surface area is 143 Å². The van der Waals surface area contributed by atoms with Gasteiger partial charge < -0.3 is 9.67 Å². The van der Waals surface area contributed by atoms with E-state index in [4.69, 9.17) is 0 Å². The molecular formula is C20H26N2O2. The van der Waals surface area contributed by atoms with Crippen LogP contribution in [0.1, 0.15) is 44.4 Å². The van der Waals surface area contributed by atoms with E-state index < -0.39 is 16.9 Å². The molecule has 1 N–H and O–H groups in total. The van der Waals surface area contributed by atoms with E-state index in [1.807, 2.05) is 6.92 Å². The SMILES string of the molecule is CCC1(C(=O)O)CCCN2CCc3c(n(C)c4ccccc34)C21C. The van der Waals surface area contributed by atoms with Crippen LogP contribution in [0.15, 0.2) is 24.3 Å². The summed E-state index contributed by atoms with van der Waals surface area (Å²) in [5.41, 5.74) is 2.62. The number of para-hydroxylation sites is 1. The van der Waals surface area contributed by atoms with Crippen molar-refractivity contribution in [2.24, 2.45) is 12.5 Å². The molecule has 0 saturated carbocycles. The lowest BCUT2D eigenvalue weighted by atomic mass is 9.59. The van der Waals surface area contributed by atoms with Crippen LogP contribution in [0, 0.1) is 5.41 Å². The summed E-state index contributed by atoms with van der Waals surface area (Å²) in [5, 5.41) is 11.5. The van der Waals surface area contributed by atoms with Crippen molar-refractivity contribution < 1.29 is 9.90 Å². The third kappa shape index (κ3) is 1.65. The summed E-state index contributed by atoms with van der Waals surface area (Å²) in [5.74, 6) is -0.643. The molecule has 2 aliphatic rings. The van der Waals surface area contributed by atoms with Crippen LogP contribution in [0.5, 0.6) is 0 Å². The lowest BCUT2D eigenvalue weighted by molar-refractivity contribution is -0.170. The molecule has 2 aliphatic heterocycles. The molecule has 128 valence electrons. The zero-order valence-electron chi connectivity index (χ0n) is 14.8. The number of benzene rings is 1. The normalized spacial score (nSPS) is 30.1. The van der Waals surface area contributed by atoms with E-state index >= 15 is 0 Å². The van der Waals surface area contributed by atoms with Gasteiger partial charge in [-0.1, -0.05) is 25.1 Å². The molecule has 1 aromatic heterocycles. The molecule has 4 nitrogen and oxygen atoms in total. The maximum atomic E-state index is 12.5. The number of aliphatic carboxylic acids is 1. The molecule has 24 heavy (non-hydrogen) atoms. The van der Waals surface area contributed by atoms with E-state index in [1.165, 1.54) is 22.2 Å². The average molecular weight is 326 g/mol. The summed E-state index contributed by atoms with van der Waals surface area (Å²) < 4.78 is 2.26. The van der Waals surface area contributed by atoms with Gasteiger partial charge in [0, 0.05) is 30.2 Å². The van der Waals surface area contributed by atoms with Crippen LogP contribution >= 0.6 is 0 Å². The fraction of sp³-hybridized carbons (Fsp3) is 0.550. The first kappa shape index (κ1) is 15.7. The Balaban J connectivity index is 2.07. The van der Waals surface area contributed by atoms with E-state index in [0.29, 0.717) is 6.42 Å². The number of nitrogens with zero attached hydrogens (tertiary/aromatic N) is 2. The molecule has 4 rings (SSSR count). The molecule has 1 saturated heterocycles. The first-order valence-electron chi connectivity index (χ1n) is 9.02. The molecule has 0 aliphatic carbocycles. The van der Waals surface area contributed by atoms with Crippen molar-refractivity contribution in [3.8, 4) is 0 Å². The topological polar surface area (TPSA) is 45.5 Å². The van der Waals surface area contributed by atoms with Crippen molar-refractivity contribution in [1.82, 2.24) is 9.47 Å². The maximum absolute atomic E-state index is 12.5. The molecular weight excluding hydrogens is 300 g/mol. The van der Waals surface area contributed by atoms with Crippen LogP contribution in [0.2, 0.25) is 0 Å². The molecule has 0 spiro atoms. The van der Waals surface area contributed by atoms with Gasteiger partial charge in [0.25, 0.3) is 0 Å². The second-order valence-corrected chi connectivity index (χ2v) is 7.56. The minimum atomic E-state index is -0.720. The van der Waals surface area contributed by atoms with Crippen LogP contribution in [-0.2, 0) is 23.8 Å². The summed E-state index contributed by atoms with van der Waals surface area (Å²) in [7, 11) is 2.10. The predicted octanol–water partition coefficient (Wildman–Crippen LogP) is 3.53. The Bertz CT molecular complexity index is 824. The zero-order valence-corrected chi connectivity index (χ0v) is 14.8. The monoisotopic (exact) mass is 326 g/mol. The number of hydrogen-bond acceptors (Lipinski definition) is 2. The minimum Gasteiger partial charge on any atom is -0.481 e. The molecule has 4 heteroatoms. The van der Waals surface area contributed by atoms with Gasteiger partial charge in [-0.2, -0.15) is 0 Å². The Hall–Kier alpha value is -1.81. The number of aryl methyl sites for hydroxylation is 1. The van der Waals surface area contributed by atoms with Gasteiger partial charge in [-0.25, -0.2) is 0 Å². The van der Waals surface area contributed by atoms with Gasteiger partial charge in [-0.3, -0.25) is 9.69 Å². The molecule has 0 amide bonds. The molecule has 2 unspecified atom stereocenters. The van der Waals surface area contributed by atoms with Crippen LogP contribution in [-0.4, -0.2) is 33.6 Å². The minimum absolute atomic E-state index is 0.451. The van der Waals surface area contributed by atoms with Crippen molar-refractivity contribution in [3.63, 3.8) is 0 Å². The summed E-state index contributed by atoms with van der Waals surface area (Å²) in [6, 6.07) is 8.49. The molecule has 0 radical (unpaired) electrons. The van der Waals surface area contributed by atoms with Gasteiger partial charge in [0.1, 0.15) is 0 Å². The second-order valence-electron chi connectivity index (χ2n) is 7.56. The van der Waals surface area contributed by atoms with E-state index in [0.717, 1.165) is 32.4 Å². The molecule has 1 fully saturated rings. The van der Waals surface area contributed by atoms with E-state index in [2.05, 4.69) is 47.7 Å². The Morgan fingerprint density at radius 2 is 2.04 bits per heavy atom. The number of carboxylic acid groups (broad SMARTS) is 1. The van der Waals surface area contributed by atoms with Crippen molar-refractivity contribution in [3.05, 3.63) is 35.5 Å². The number of aromatic nitrogens is 1. The number of rotatable bonds is 2. The molecule has 3 heterocycles. The Morgan fingerprint density at radius 1 is 1.29 bits per heavy atom. The molecule has 1 aromatic carbocycles.